The van der Waals surface area contributed by atoms with Crippen LogP contribution in [0.5, 0.6) is 11.6 Å². The van der Waals surface area contributed by atoms with Crippen LogP contribution < -0.4 is 10.1 Å². The number of nitrogens with one attached hydrogen (secondary N) is 1. The lowest BCUT2D eigenvalue weighted by molar-refractivity contribution is 0.191. The van der Waals surface area contributed by atoms with E-state index in [9.17, 15) is 4.79 Å². The summed E-state index contributed by atoms with van der Waals surface area (Å²) < 4.78 is 8.12. The van der Waals surface area contributed by atoms with Crippen LogP contribution in [0.2, 0.25) is 5.02 Å². The van der Waals surface area contributed by atoms with Crippen molar-refractivity contribution in [2.24, 2.45) is 0 Å². The molecule has 0 spiro atoms. The molecule has 2 aromatic carbocycles. The van der Waals surface area contributed by atoms with E-state index in [2.05, 4.69) is 5.32 Å². The van der Waals surface area contributed by atoms with Crippen molar-refractivity contribution in [2.45, 2.75) is 45.7 Å². The van der Waals surface area contributed by atoms with Gasteiger partial charge in [-0.05, 0) is 62.6 Å². The fourth-order valence-electron chi connectivity index (χ4n) is 3.44. The predicted molar refractivity (Wildman–Crippen MR) is 122 cm³/mol. The first kappa shape index (κ1) is 21.2. The highest BCUT2D eigenvalue weighted by molar-refractivity contribution is 6.30. The minimum atomic E-state index is -0.0337. The smallest absolute Gasteiger partial charge is 0.317 e. The summed E-state index contributed by atoms with van der Waals surface area (Å²) in [5.74, 6) is 1.27. The molecular weight excluding hydrogens is 412 g/mol. The number of aryl methyl sites for hydroxylation is 1. The number of rotatable bonds is 8. The maximum absolute atomic E-state index is 12.8. The molecule has 1 heterocycles. The number of para-hydroxylation sites is 1. The number of hydrogen-bond donors (Lipinski definition) is 1. The summed E-state index contributed by atoms with van der Waals surface area (Å²) in [4.78, 5) is 14.7. The second kappa shape index (κ2) is 9.43. The zero-order valence-electron chi connectivity index (χ0n) is 17.8. The molecule has 0 radical (unpaired) electrons. The number of nitrogens with zero attached hydrogens (tertiary/aromatic N) is 3. The second-order valence-electron chi connectivity index (χ2n) is 7.76. The molecule has 0 atom stereocenters. The zero-order valence-corrected chi connectivity index (χ0v) is 18.6. The summed E-state index contributed by atoms with van der Waals surface area (Å²) in [6.45, 7) is 5.12. The van der Waals surface area contributed by atoms with Gasteiger partial charge in [-0.25, -0.2) is 9.48 Å². The van der Waals surface area contributed by atoms with Crippen LogP contribution in [0.15, 0.2) is 54.6 Å². The number of amides is 2. The molecule has 0 unspecified atom stereocenters. The average Bonchev–Trinajstić information content (AvgIpc) is 3.58. The minimum absolute atomic E-state index is 0.0337. The predicted octanol–water partition coefficient (Wildman–Crippen LogP) is 5.71. The van der Waals surface area contributed by atoms with Crippen molar-refractivity contribution in [3.8, 4) is 17.3 Å². The number of aromatic nitrogens is 2. The maximum atomic E-state index is 12.8. The van der Waals surface area contributed by atoms with Gasteiger partial charge in [-0.2, -0.15) is 5.10 Å². The summed E-state index contributed by atoms with van der Waals surface area (Å²) in [7, 11) is 0. The van der Waals surface area contributed by atoms with Crippen molar-refractivity contribution in [3.63, 3.8) is 0 Å². The first-order valence-corrected chi connectivity index (χ1v) is 11.1. The Bertz CT molecular complexity index is 1030. The third kappa shape index (κ3) is 5.02. The van der Waals surface area contributed by atoms with Gasteiger partial charge < -0.3 is 15.0 Å². The van der Waals surface area contributed by atoms with Crippen LogP contribution in [-0.4, -0.2) is 33.3 Å². The van der Waals surface area contributed by atoms with Gasteiger partial charge in [0.1, 0.15) is 5.75 Å². The van der Waals surface area contributed by atoms with Crippen LogP contribution in [0.1, 0.15) is 37.4 Å². The molecule has 2 amide bonds. The summed E-state index contributed by atoms with van der Waals surface area (Å²) in [5, 5.41) is 8.41. The van der Waals surface area contributed by atoms with Crippen LogP contribution in [0.3, 0.4) is 0 Å². The number of urea groups is 1. The van der Waals surface area contributed by atoms with E-state index >= 15 is 0 Å². The number of halogens is 1. The Kier molecular flexibility index (Phi) is 6.47. The SMILES string of the molecule is CCCNC(=O)N(Cc1c(C)nn(-c2ccccc2)c1Oc1ccc(Cl)cc1)C1CC1. The van der Waals surface area contributed by atoms with Gasteiger partial charge in [-0.3, -0.25) is 0 Å². The molecule has 0 saturated heterocycles. The average molecular weight is 439 g/mol. The van der Waals surface area contributed by atoms with Crippen LogP contribution in [0.25, 0.3) is 5.69 Å². The second-order valence-corrected chi connectivity index (χ2v) is 8.20. The highest BCUT2D eigenvalue weighted by atomic mass is 35.5. The highest BCUT2D eigenvalue weighted by Crippen LogP contribution is 2.35. The van der Waals surface area contributed by atoms with Crippen molar-refractivity contribution in [2.75, 3.05) is 6.54 Å². The molecule has 1 fully saturated rings. The minimum Gasteiger partial charge on any atom is -0.439 e. The maximum Gasteiger partial charge on any atom is 0.317 e. The van der Waals surface area contributed by atoms with Gasteiger partial charge in [0.05, 0.1) is 23.5 Å². The van der Waals surface area contributed by atoms with E-state index in [1.807, 2.05) is 61.2 Å². The van der Waals surface area contributed by atoms with Crippen LogP contribution >= 0.6 is 11.6 Å². The number of carbonyl (C=O) groups excluding carboxylic acids is 1. The van der Waals surface area contributed by atoms with Gasteiger partial charge in [-0.15, -0.1) is 0 Å². The molecule has 162 valence electrons. The van der Waals surface area contributed by atoms with E-state index in [1.165, 1.54) is 0 Å². The Balaban J connectivity index is 1.71. The molecule has 4 rings (SSSR count). The van der Waals surface area contributed by atoms with E-state index in [-0.39, 0.29) is 12.1 Å². The normalized spacial score (nSPS) is 13.1. The summed E-state index contributed by atoms with van der Waals surface area (Å²) in [6, 6.07) is 17.3. The molecule has 7 heteroatoms. The fourth-order valence-corrected chi connectivity index (χ4v) is 3.57. The van der Waals surface area contributed by atoms with E-state index in [4.69, 9.17) is 21.4 Å². The Hall–Kier alpha value is -2.99. The lowest BCUT2D eigenvalue weighted by atomic mass is 10.2. The lowest BCUT2D eigenvalue weighted by Crippen LogP contribution is -2.41. The molecule has 6 nitrogen and oxygen atoms in total. The molecule has 1 aliphatic carbocycles. The first-order chi connectivity index (χ1) is 15.1. The Morgan fingerprint density at radius 2 is 1.90 bits per heavy atom. The van der Waals surface area contributed by atoms with Gasteiger partial charge in [0.2, 0.25) is 5.88 Å². The van der Waals surface area contributed by atoms with Crippen LogP contribution in [-0.2, 0) is 6.54 Å². The van der Waals surface area contributed by atoms with E-state index in [1.54, 1.807) is 16.8 Å². The van der Waals surface area contributed by atoms with E-state index in [0.29, 0.717) is 29.7 Å². The molecule has 0 aliphatic heterocycles. The standard InChI is InChI=1S/C24H27ClN4O2/c1-3-15-26-24(30)28(19-11-12-19)16-22-17(2)27-29(20-7-5-4-6-8-20)23(22)31-21-13-9-18(25)10-14-21/h4-10,13-14,19H,3,11-12,15-16H2,1-2H3,(H,26,30). The molecule has 1 N–H and O–H groups in total. The molecule has 3 aromatic rings. The number of ether oxygens (including phenoxy) is 1. The Labute approximate surface area is 187 Å². The summed E-state index contributed by atoms with van der Waals surface area (Å²) in [5.41, 5.74) is 2.63. The topological polar surface area (TPSA) is 59.4 Å². The van der Waals surface area contributed by atoms with Gasteiger partial charge in [0.15, 0.2) is 0 Å². The lowest BCUT2D eigenvalue weighted by Gasteiger charge is -2.23. The molecule has 1 aromatic heterocycles. The van der Waals surface area contributed by atoms with Crippen LogP contribution in [0, 0.1) is 6.92 Å². The van der Waals surface area contributed by atoms with Gasteiger partial charge in [0, 0.05) is 17.6 Å². The third-order valence-electron chi connectivity index (χ3n) is 5.27. The van der Waals surface area contributed by atoms with Crippen molar-refractivity contribution < 1.29 is 9.53 Å². The highest BCUT2D eigenvalue weighted by Gasteiger charge is 2.34. The van der Waals surface area contributed by atoms with Crippen molar-refractivity contribution >= 4 is 17.6 Å². The number of benzene rings is 2. The molecular formula is C24H27ClN4O2. The van der Waals surface area contributed by atoms with E-state index < -0.39 is 0 Å². The van der Waals surface area contributed by atoms with Crippen LogP contribution in [0.4, 0.5) is 4.79 Å². The summed E-state index contributed by atoms with van der Waals surface area (Å²) in [6.07, 6.45) is 2.96. The number of carbonyl (C=O) groups is 1. The van der Waals surface area contributed by atoms with Gasteiger partial charge >= 0.3 is 6.03 Å². The zero-order chi connectivity index (χ0) is 21.8. The van der Waals surface area contributed by atoms with E-state index in [0.717, 1.165) is 36.2 Å². The molecule has 1 saturated carbocycles. The Morgan fingerprint density at radius 3 is 2.55 bits per heavy atom. The summed E-state index contributed by atoms with van der Waals surface area (Å²) >= 11 is 6.04. The quantitative estimate of drug-likeness (QED) is 0.490. The molecule has 0 bridgehead atoms. The fraction of sp³-hybridized carbons (Fsp3) is 0.333. The van der Waals surface area contributed by atoms with Crippen molar-refractivity contribution in [3.05, 3.63) is 70.9 Å². The van der Waals surface area contributed by atoms with Gasteiger partial charge in [-0.1, -0.05) is 36.7 Å². The molecule has 31 heavy (non-hydrogen) atoms. The molecule has 1 aliphatic rings. The largest absolute Gasteiger partial charge is 0.439 e. The number of hydrogen-bond acceptors (Lipinski definition) is 3. The van der Waals surface area contributed by atoms with Gasteiger partial charge in [0.25, 0.3) is 0 Å². The third-order valence-corrected chi connectivity index (χ3v) is 5.52. The van der Waals surface area contributed by atoms with Crippen molar-refractivity contribution in [1.82, 2.24) is 20.0 Å². The van der Waals surface area contributed by atoms with Crippen molar-refractivity contribution in [1.29, 1.82) is 0 Å². The Morgan fingerprint density at radius 1 is 1.19 bits per heavy atom. The first-order valence-electron chi connectivity index (χ1n) is 10.7. The monoisotopic (exact) mass is 438 g/mol.